The van der Waals surface area contributed by atoms with Crippen molar-refractivity contribution in [3.8, 4) is 0 Å². The highest BCUT2D eigenvalue weighted by atomic mass is 79.9. The minimum absolute atomic E-state index is 0. The van der Waals surface area contributed by atoms with Crippen LogP contribution in [0.1, 0.15) is 16.0 Å². The minimum Gasteiger partial charge on any atom is -0.264 e. The predicted octanol–water partition coefficient (Wildman–Crippen LogP) is 4.80. The van der Waals surface area contributed by atoms with Gasteiger partial charge in [-0.25, -0.2) is 0 Å². The van der Waals surface area contributed by atoms with E-state index in [0.29, 0.717) is 0 Å². The molecule has 0 aliphatic rings. The van der Waals surface area contributed by atoms with Gasteiger partial charge in [-0.1, -0.05) is 45.7 Å². The van der Waals surface area contributed by atoms with Gasteiger partial charge in [0.25, 0.3) is 0 Å². The van der Waals surface area contributed by atoms with Crippen molar-refractivity contribution in [2.45, 2.75) is 4.83 Å². The van der Waals surface area contributed by atoms with Crippen molar-refractivity contribution in [3.63, 3.8) is 0 Å². The Balaban J connectivity index is 0.00000128. The molecule has 0 N–H and O–H groups in total. The predicted molar refractivity (Wildman–Crippen MR) is 76.8 cm³/mol. The first kappa shape index (κ1) is 13.7. The third-order valence-corrected chi connectivity index (χ3v) is 3.45. The molecule has 0 aliphatic carbocycles. The summed E-state index contributed by atoms with van der Waals surface area (Å²) in [5.41, 5.74) is 2.31. The molecule has 0 bridgehead atoms. The lowest BCUT2D eigenvalue weighted by atomic mass is 10.1. The highest BCUT2D eigenvalue weighted by Crippen LogP contribution is 2.30. The second kappa shape index (κ2) is 6.38. The average molecular weight is 363 g/mol. The van der Waals surface area contributed by atoms with Crippen LogP contribution in [0.4, 0.5) is 0 Å². The summed E-state index contributed by atoms with van der Waals surface area (Å²) in [5, 5.41) is 0.754. The van der Waals surface area contributed by atoms with Crippen molar-refractivity contribution < 1.29 is 0 Å². The lowest BCUT2D eigenvalue weighted by Gasteiger charge is -2.09. The Labute approximate surface area is 119 Å². The Bertz CT molecular complexity index is 431. The molecule has 1 aromatic carbocycles. The van der Waals surface area contributed by atoms with Gasteiger partial charge in [-0.2, -0.15) is 0 Å². The maximum absolute atomic E-state index is 5.83. The first-order valence-electron chi connectivity index (χ1n) is 4.57. The summed E-state index contributed by atoms with van der Waals surface area (Å²) in [6.07, 6.45) is 3.62. The Morgan fingerprint density at radius 2 is 1.75 bits per heavy atom. The molecule has 84 valence electrons. The fourth-order valence-electron chi connectivity index (χ4n) is 1.35. The van der Waals surface area contributed by atoms with Gasteiger partial charge in [0.2, 0.25) is 0 Å². The van der Waals surface area contributed by atoms with Gasteiger partial charge in [0.1, 0.15) is 0 Å². The highest BCUT2D eigenvalue weighted by molar-refractivity contribution is 9.09. The second-order valence-corrected chi connectivity index (χ2v) is 4.55. The fourth-order valence-corrected chi connectivity index (χ4v) is 2.05. The molecular weight excluding hydrogens is 353 g/mol. The summed E-state index contributed by atoms with van der Waals surface area (Å²) in [7, 11) is 0. The third kappa shape index (κ3) is 3.30. The van der Waals surface area contributed by atoms with E-state index in [9.17, 15) is 0 Å². The van der Waals surface area contributed by atoms with E-state index in [2.05, 4.69) is 20.9 Å². The van der Waals surface area contributed by atoms with Gasteiger partial charge in [-0.3, -0.25) is 4.98 Å². The molecule has 4 heteroatoms. The molecule has 2 aromatic rings. The number of rotatable bonds is 2. The van der Waals surface area contributed by atoms with Crippen LogP contribution in [0, 0.1) is 0 Å². The SMILES string of the molecule is Br.Clc1ccc(C(Br)c2cccnc2)cc1. The first-order valence-corrected chi connectivity index (χ1v) is 5.86. The molecule has 1 unspecified atom stereocenters. The van der Waals surface area contributed by atoms with Crippen molar-refractivity contribution in [1.82, 2.24) is 4.98 Å². The fraction of sp³-hybridized carbons (Fsp3) is 0.0833. The molecule has 16 heavy (non-hydrogen) atoms. The van der Waals surface area contributed by atoms with E-state index in [1.54, 1.807) is 6.20 Å². The Morgan fingerprint density at radius 3 is 2.31 bits per heavy atom. The van der Waals surface area contributed by atoms with Crippen LogP contribution in [0.5, 0.6) is 0 Å². The minimum atomic E-state index is 0. The molecule has 0 spiro atoms. The summed E-state index contributed by atoms with van der Waals surface area (Å²) in [6, 6.07) is 11.8. The van der Waals surface area contributed by atoms with Crippen LogP contribution >= 0.6 is 44.5 Å². The van der Waals surface area contributed by atoms with Crippen molar-refractivity contribution in [1.29, 1.82) is 0 Å². The normalized spacial score (nSPS) is 11.6. The maximum Gasteiger partial charge on any atom is 0.0659 e. The molecule has 0 fully saturated rings. The summed E-state index contributed by atoms with van der Waals surface area (Å²) in [4.78, 5) is 4.26. The Kier molecular flexibility index (Phi) is 5.46. The van der Waals surface area contributed by atoms with Gasteiger partial charge in [0, 0.05) is 17.4 Å². The Morgan fingerprint density at radius 1 is 1.06 bits per heavy atom. The van der Waals surface area contributed by atoms with Crippen molar-refractivity contribution >= 4 is 44.5 Å². The van der Waals surface area contributed by atoms with Gasteiger partial charge in [0.05, 0.1) is 4.83 Å². The zero-order valence-electron chi connectivity index (χ0n) is 8.31. The van der Waals surface area contributed by atoms with Gasteiger partial charge >= 0.3 is 0 Å². The average Bonchev–Trinajstić information content (AvgIpc) is 2.30. The summed E-state index contributed by atoms with van der Waals surface area (Å²) in [6.45, 7) is 0. The van der Waals surface area contributed by atoms with Crippen molar-refractivity contribution in [2.24, 2.45) is 0 Å². The maximum atomic E-state index is 5.83. The van der Waals surface area contributed by atoms with E-state index < -0.39 is 0 Å². The number of aromatic nitrogens is 1. The monoisotopic (exact) mass is 361 g/mol. The van der Waals surface area contributed by atoms with E-state index in [1.807, 2.05) is 42.6 Å². The van der Waals surface area contributed by atoms with Gasteiger partial charge in [-0.05, 0) is 29.3 Å². The molecule has 2 rings (SSSR count). The van der Waals surface area contributed by atoms with Gasteiger partial charge in [-0.15, -0.1) is 17.0 Å². The molecule has 1 atom stereocenters. The van der Waals surface area contributed by atoms with Gasteiger partial charge in [0.15, 0.2) is 0 Å². The van der Waals surface area contributed by atoms with Crippen molar-refractivity contribution in [3.05, 3.63) is 64.9 Å². The van der Waals surface area contributed by atoms with Crippen LogP contribution in [0.2, 0.25) is 5.02 Å². The number of benzene rings is 1. The third-order valence-electron chi connectivity index (χ3n) is 2.14. The number of halogens is 3. The van der Waals surface area contributed by atoms with E-state index >= 15 is 0 Å². The lowest BCUT2D eigenvalue weighted by Crippen LogP contribution is -1.92. The molecule has 0 saturated heterocycles. The van der Waals surface area contributed by atoms with Crippen molar-refractivity contribution in [2.75, 3.05) is 0 Å². The molecule has 0 radical (unpaired) electrons. The van der Waals surface area contributed by atoms with Crippen LogP contribution in [0.25, 0.3) is 0 Å². The van der Waals surface area contributed by atoms with Crippen LogP contribution in [0.15, 0.2) is 48.8 Å². The van der Waals surface area contributed by atoms with Crippen LogP contribution < -0.4 is 0 Å². The zero-order chi connectivity index (χ0) is 10.7. The number of pyridine rings is 1. The molecule has 0 saturated carbocycles. The van der Waals surface area contributed by atoms with Crippen LogP contribution in [-0.2, 0) is 0 Å². The molecule has 1 heterocycles. The zero-order valence-corrected chi connectivity index (χ0v) is 12.4. The standard InChI is InChI=1S/C12H9BrClN.BrH/c13-12(10-2-1-7-15-8-10)9-3-5-11(14)6-4-9;/h1-8,12H;1H. The largest absolute Gasteiger partial charge is 0.264 e. The lowest BCUT2D eigenvalue weighted by molar-refractivity contribution is 1.13. The summed E-state index contributed by atoms with van der Waals surface area (Å²) >= 11 is 9.47. The molecule has 0 aliphatic heterocycles. The molecular formula is C12H10Br2ClN. The molecule has 1 nitrogen and oxygen atoms in total. The number of alkyl halides is 1. The number of hydrogen-bond acceptors (Lipinski definition) is 1. The summed E-state index contributed by atoms with van der Waals surface area (Å²) in [5.74, 6) is 0. The second-order valence-electron chi connectivity index (χ2n) is 3.20. The number of nitrogens with zero attached hydrogens (tertiary/aromatic N) is 1. The van der Waals surface area contributed by atoms with E-state index in [4.69, 9.17) is 11.6 Å². The molecule has 0 amide bonds. The van der Waals surface area contributed by atoms with E-state index in [-0.39, 0.29) is 21.8 Å². The Hall–Kier alpha value is -0.380. The first-order chi connectivity index (χ1) is 7.27. The number of hydrogen-bond donors (Lipinski definition) is 0. The van der Waals surface area contributed by atoms with Gasteiger partial charge < -0.3 is 0 Å². The topological polar surface area (TPSA) is 12.9 Å². The quantitative estimate of drug-likeness (QED) is 0.699. The van der Waals surface area contributed by atoms with Crippen LogP contribution in [-0.4, -0.2) is 4.98 Å². The van der Waals surface area contributed by atoms with Crippen LogP contribution in [0.3, 0.4) is 0 Å². The van der Waals surface area contributed by atoms with E-state index in [1.165, 1.54) is 5.56 Å². The van der Waals surface area contributed by atoms with E-state index in [0.717, 1.165) is 10.6 Å². The smallest absolute Gasteiger partial charge is 0.0659 e. The molecule has 1 aromatic heterocycles. The summed E-state index contributed by atoms with van der Waals surface area (Å²) < 4.78 is 0. The highest BCUT2D eigenvalue weighted by Gasteiger charge is 2.09.